The van der Waals surface area contributed by atoms with Crippen LogP contribution in [0.4, 0.5) is 11.4 Å². The van der Waals surface area contributed by atoms with Crippen LogP contribution in [0.2, 0.25) is 0 Å². The van der Waals surface area contributed by atoms with Gasteiger partial charge in [0.25, 0.3) is 5.91 Å². The van der Waals surface area contributed by atoms with Gasteiger partial charge in [-0.25, -0.2) is 5.01 Å². The highest BCUT2D eigenvalue weighted by atomic mass is 79.9. The van der Waals surface area contributed by atoms with E-state index in [1.54, 1.807) is 6.08 Å². The maximum Gasteiger partial charge on any atom is 0.273 e. The lowest BCUT2D eigenvalue weighted by Crippen LogP contribution is -2.47. The Bertz CT molecular complexity index is 845. The van der Waals surface area contributed by atoms with Gasteiger partial charge in [-0.1, -0.05) is 41.4 Å². The van der Waals surface area contributed by atoms with E-state index < -0.39 is 0 Å². The molecule has 0 unspecified atom stereocenters. The monoisotopic (exact) mass is 427 g/mol. The largest absolute Gasteiger partial charge is 0.321 e. The molecule has 0 atom stereocenters. The van der Waals surface area contributed by atoms with Gasteiger partial charge in [-0.2, -0.15) is 0 Å². The summed E-state index contributed by atoms with van der Waals surface area (Å²) in [6.07, 6.45) is 5.14. The van der Waals surface area contributed by atoms with E-state index in [9.17, 15) is 9.59 Å². The summed E-state index contributed by atoms with van der Waals surface area (Å²) in [7, 11) is 0. The number of hydrogen-bond acceptors (Lipinski definition) is 3. The average Bonchev–Trinajstić information content (AvgIpc) is 2.68. The van der Waals surface area contributed by atoms with Crippen molar-refractivity contribution < 1.29 is 9.59 Å². The number of rotatable bonds is 6. The van der Waals surface area contributed by atoms with Gasteiger partial charge in [0.2, 0.25) is 5.91 Å². The summed E-state index contributed by atoms with van der Waals surface area (Å²) >= 11 is 3.38. The summed E-state index contributed by atoms with van der Waals surface area (Å²) in [5, 5.41) is 4.27. The fourth-order valence-corrected chi connectivity index (χ4v) is 3.05. The van der Waals surface area contributed by atoms with Gasteiger partial charge in [0.15, 0.2) is 0 Å². The van der Waals surface area contributed by atoms with Crippen LogP contribution >= 0.6 is 15.9 Å². The third-order valence-electron chi connectivity index (χ3n) is 4.32. The molecule has 0 fully saturated rings. The van der Waals surface area contributed by atoms with Crippen LogP contribution in [-0.4, -0.2) is 11.8 Å². The van der Waals surface area contributed by atoms with Crippen molar-refractivity contribution in [3.05, 3.63) is 70.3 Å². The number of halogens is 1. The highest BCUT2D eigenvalue weighted by Gasteiger charge is 2.24. The number of aryl methyl sites for hydroxylation is 1. The normalized spacial score (nSPS) is 13.8. The molecule has 6 heteroatoms. The highest BCUT2D eigenvalue weighted by Crippen LogP contribution is 2.21. The maximum absolute atomic E-state index is 12.6. The zero-order chi connectivity index (χ0) is 19.2. The van der Waals surface area contributed by atoms with E-state index in [0.717, 1.165) is 29.4 Å². The summed E-state index contributed by atoms with van der Waals surface area (Å²) in [6, 6.07) is 15.2. The van der Waals surface area contributed by atoms with Crippen molar-refractivity contribution >= 4 is 39.1 Å². The molecule has 5 nitrogen and oxygen atoms in total. The van der Waals surface area contributed by atoms with Gasteiger partial charge in [-0.05, 0) is 60.9 Å². The molecule has 0 radical (unpaired) electrons. The van der Waals surface area contributed by atoms with E-state index in [0.29, 0.717) is 11.4 Å². The molecule has 2 aromatic rings. The van der Waals surface area contributed by atoms with Crippen LogP contribution in [0.1, 0.15) is 31.7 Å². The third kappa shape index (κ3) is 4.98. The van der Waals surface area contributed by atoms with Gasteiger partial charge in [0.1, 0.15) is 5.70 Å². The Balaban J connectivity index is 1.66. The third-order valence-corrected chi connectivity index (χ3v) is 4.85. The fourth-order valence-electron chi connectivity index (χ4n) is 2.79. The number of unbranched alkanes of at least 4 members (excludes halogenated alkanes) is 1. The van der Waals surface area contributed by atoms with Gasteiger partial charge in [-0.3, -0.25) is 15.0 Å². The number of nitrogens with zero attached hydrogens (tertiary/aromatic N) is 1. The molecule has 2 amide bonds. The minimum absolute atomic E-state index is 0.117. The molecule has 1 aliphatic heterocycles. The van der Waals surface area contributed by atoms with E-state index in [1.807, 2.05) is 48.5 Å². The first-order valence-electron chi connectivity index (χ1n) is 9.02. The smallest absolute Gasteiger partial charge is 0.273 e. The van der Waals surface area contributed by atoms with Crippen LogP contribution in [0, 0.1) is 0 Å². The van der Waals surface area contributed by atoms with E-state index in [2.05, 4.69) is 33.6 Å². The van der Waals surface area contributed by atoms with Crippen LogP contribution in [0.5, 0.6) is 0 Å². The number of anilines is 2. The predicted molar refractivity (Wildman–Crippen MR) is 111 cm³/mol. The zero-order valence-corrected chi connectivity index (χ0v) is 16.8. The molecule has 0 saturated carbocycles. The topological polar surface area (TPSA) is 61.4 Å². The molecule has 3 rings (SSSR count). The first-order chi connectivity index (χ1) is 13.1. The van der Waals surface area contributed by atoms with Crippen molar-refractivity contribution in [2.45, 2.75) is 32.6 Å². The molecule has 27 heavy (non-hydrogen) atoms. The van der Waals surface area contributed by atoms with Crippen molar-refractivity contribution in [2.24, 2.45) is 0 Å². The van der Waals surface area contributed by atoms with Crippen molar-refractivity contribution in [2.75, 3.05) is 10.3 Å². The molecular formula is C21H22BrN3O2. The standard InChI is InChI=1S/C21H22BrN3O2/c1-2-3-4-15-5-9-17(10-6-15)23-21(27)19-13-14-20(26)25(24-19)18-11-7-16(22)8-12-18/h5-13,24H,2-4,14H2,1H3,(H,23,27). The summed E-state index contributed by atoms with van der Waals surface area (Å²) in [5.41, 5.74) is 5.94. The van der Waals surface area contributed by atoms with Gasteiger partial charge in [-0.15, -0.1) is 0 Å². The second kappa shape index (κ2) is 8.86. The van der Waals surface area contributed by atoms with Crippen LogP contribution in [0.15, 0.2) is 64.8 Å². The number of hydrogen-bond donors (Lipinski definition) is 2. The number of nitrogens with one attached hydrogen (secondary N) is 2. The van der Waals surface area contributed by atoms with Crippen LogP contribution < -0.4 is 15.8 Å². The van der Waals surface area contributed by atoms with Gasteiger partial charge in [0.05, 0.1) is 5.69 Å². The van der Waals surface area contributed by atoms with Gasteiger partial charge < -0.3 is 5.32 Å². The maximum atomic E-state index is 12.6. The molecule has 0 saturated heterocycles. The molecule has 2 aromatic carbocycles. The molecule has 0 aliphatic carbocycles. The SMILES string of the molecule is CCCCc1ccc(NC(=O)C2=CCC(=O)N(c3ccc(Br)cc3)N2)cc1. The summed E-state index contributed by atoms with van der Waals surface area (Å²) in [4.78, 5) is 24.8. The highest BCUT2D eigenvalue weighted by molar-refractivity contribution is 9.10. The lowest BCUT2D eigenvalue weighted by Gasteiger charge is -2.28. The Hall–Kier alpha value is -2.60. The molecule has 2 N–H and O–H groups in total. The second-order valence-corrected chi connectivity index (χ2v) is 7.31. The summed E-state index contributed by atoms with van der Waals surface area (Å²) in [6.45, 7) is 2.17. The summed E-state index contributed by atoms with van der Waals surface area (Å²) in [5.74, 6) is -0.389. The van der Waals surface area contributed by atoms with Crippen molar-refractivity contribution in [3.8, 4) is 0 Å². The molecule has 1 aliphatic rings. The number of carbonyl (C=O) groups is 2. The Morgan fingerprint density at radius 2 is 1.85 bits per heavy atom. The van der Waals surface area contributed by atoms with Crippen molar-refractivity contribution in [1.82, 2.24) is 5.43 Å². The number of amides is 2. The van der Waals surface area contributed by atoms with E-state index in [4.69, 9.17) is 0 Å². The minimum Gasteiger partial charge on any atom is -0.321 e. The minimum atomic E-state index is -0.272. The van der Waals surface area contributed by atoms with E-state index in [-0.39, 0.29) is 18.2 Å². The number of hydrazine groups is 1. The molecule has 0 spiro atoms. The van der Waals surface area contributed by atoms with Gasteiger partial charge >= 0.3 is 0 Å². The zero-order valence-electron chi connectivity index (χ0n) is 15.2. The van der Waals surface area contributed by atoms with Crippen LogP contribution in [-0.2, 0) is 16.0 Å². The Kier molecular flexibility index (Phi) is 6.29. The summed E-state index contributed by atoms with van der Waals surface area (Å²) < 4.78 is 0.923. The lowest BCUT2D eigenvalue weighted by molar-refractivity contribution is -0.119. The molecule has 0 aromatic heterocycles. The Labute approximate surface area is 167 Å². The van der Waals surface area contributed by atoms with E-state index >= 15 is 0 Å². The lowest BCUT2D eigenvalue weighted by atomic mass is 10.1. The van der Waals surface area contributed by atoms with Crippen molar-refractivity contribution in [3.63, 3.8) is 0 Å². The Morgan fingerprint density at radius 3 is 2.52 bits per heavy atom. The first kappa shape index (κ1) is 19.2. The number of benzene rings is 2. The fraction of sp³-hybridized carbons (Fsp3) is 0.238. The molecule has 1 heterocycles. The van der Waals surface area contributed by atoms with Crippen LogP contribution in [0.3, 0.4) is 0 Å². The molecular weight excluding hydrogens is 406 g/mol. The molecule has 140 valence electrons. The second-order valence-electron chi connectivity index (χ2n) is 6.39. The predicted octanol–water partition coefficient (Wildman–Crippen LogP) is 4.56. The Morgan fingerprint density at radius 1 is 1.15 bits per heavy atom. The van der Waals surface area contributed by atoms with Crippen molar-refractivity contribution in [1.29, 1.82) is 0 Å². The first-order valence-corrected chi connectivity index (χ1v) is 9.81. The molecule has 0 bridgehead atoms. The average molecular weight is 428 g/mol. The quantitative estimate of drug-likeness (QED) is 0.710. The van der Waals surface area contributed by atoms with Gasteiger partial charge in [0, 0.05) is 16.6 Å². The van der Waals surface area contributed by atoms with E-state index in [1.165, 1.54) is 10.6 Å². The number of carbonyl (C=O) groups excluding carboxylic acids is 2. The van der Waals surface area contributed by atoms with Crippen LogP contribution in [0.25, 0.3) is 0 Å².